The van der Waals surface area contributed by atoms with Crippen molar-refractivity contribution < 1.29 is 14.2 Å². The van der Waals surface area contributed by atoms with Gasteiger partial charge < -0.3 is 5.32 Å². The predicted octanol–water partition coefficient (Wildman–Crippen LogP) is 3.25. The highest BCUT2D eigenvalue weighted by Crippen LogP contribution is 2.25. The SMILES string of the molecule is O=[N+]([O-])c1ccc(CNc2ccc(F)cc2[N+](=O)[O-])cc1. The predicted molar refractivity (Wildman–Crippen MR) is 73.5 cm³/mol. The molecule has 0 spiro atoms. The van der Waals surface area contributed by atoms with Gasteiger partial charge in [-0.2, -0.15) is 0 Å². The van der Waals surface area contributed by atoms with E-state index in [0.717, 1.165) is 12.1 Å². The van der Waals surface area contributed by atoms with Crippen molar-refractivity contribution in [1.29, 1.82) is 0 Å². The van der Waals surface area contributed by atoms with Crippen molar-refractivity contribution in [2.24, 2.45) is 0 Å². The van der Waals surface area contributed by atoms with Crippen LogP contribution < -0.4 is 5.32 Å². The fourth-order valence-corrected chi connectivity index (χ4v) is 1.74. The summed E-state index contributed by atoms with van der Waals surface area (Å²) in [6.07, 6.45) is 0. The monoisotopic (exact) mass is 291 g/mol. The quantitative estimate of drug-likeness (QED) is 0.673. The topological polar surface area (TPSA) is 98.3 Å². The molecule has 0 aliphatic heterocycles. The van der Waals surface area contributed by atoms with E-state index in [2.05, 4.69) is 5.32 Å². The molecule has 0 aliphatic carbocycles. The standard InChI is InChI=1S/C13H10FN3O4/c14-10-3-6-12(13(7-10)17(20)21)15-8-9-1-4-11(5-2-9)16(18)19/h1-7,15H,8H2. The summed E-state index contributed by atoms with van der Waals surface area (Å²) in [4.78, 5) is 20.2. The molecule has 0 aromatic heterocycles. The van der Waals surface area contributed by atoms with Gasteiger partial charge in [0, 0.05) is 18.7 Å². The Bertz CT molecular complexity index is 688. The molecule has 0 fully saturated rings. The number of nitrogens with zero attached hydrogens (tertiary/aromatic N) is 2. The van der Waals surface area contributed by atoms with Gasteiger partial charge in [-0.25, -0.2) is 4.39 Å². The largest absolute Gasteiger partial charge is 0.375 e. The normalized spacial score (nSPS) is 10.1. The Kier molecular flexibility index (Phi) is 4.07. The van der Waals surface area contributed by atoms with Gasteiger partial charge in [0.1, 0.15) is 11.5 Å². The molecule has 2 aromatic carbocycles. The zero-order chi connectivity index (χ0) is 15.4. The number of anilines is 1. The lowest BCUT2D eigenvalue weighted by atomic mass is 10.2. The van der Waals surface area contributed by atoms with Crippen molar-refractivity contribution in [2.75, 3.05) is 5.32 Å². The molecule has 2 aromatic rings. The maximum atomic E-state index is 13.0. The first-order valence-corrected chi connectivity index (χ1v) is 5.88. The van der Waals surface area contributed by atoms with Crippen LogP contribution in [0.5, 0.6) is 0 Å². The number of halogens is 1. The molecule has 1 N–H and O–H groups in total. The van der Waals surface area contributed by atoms with E-state index in [1.54, 1.807) is 12.1 Å². The summed E-state index contributed by atoms with van der Waals surface area (Å²) in [5, 5.41) is 24.2. The number of hydrogen-bond acceptors (Lipinski definition) is 5. The molecule has 0 heterocycles. The van der Waals surface area contributed by atoms with Crippen molar-refractivity contribution >= 4 is 17.1 Å². The molecular formula is C13H10FN3O4. The number of rotatable bonds is 5. The molecule has 21 heavy (non-hydrogen) atoms. The molecule has 0 amide bonds. The van der Waals surface area contributed by atoms with Crippen LogP contribution in [0.1, 0.15) is 5.56 Å². The van der Waals surface area contributed by atoms with Crippen molar-refractivity contribution in [1.82, 2.24) is 0 Å². The number of nitro groups is 2. The van der Waals surface area contributed by atoms with Gasteiger partial charge in [0.25, 0.3) is 11.4 Å². The molecule has 108 valence electrons. The van der Waals surface area contributed by atoms with Crippen LogP contribution in [-0.4, -0.2) is 9.85 Å². The van der Waals surface area contributed by atoms with Gasteiger partial charge in [-0.15, -0.1) is 0 Å². The lowest BCUT2D eigenvalue weighted by Gasteiger charge is -2.07. The van der Waals surface area contributed by atoms with E-state index in [-0.39, 0.29) is 23.6 Å². The molecule has 2 rings (SSSR count). The lowest BCUT2D eigenvalue weighted by molar-refractivity contribution is -0.384. The molecule has 0 atom stereocenters. The summed E-state index contributed by atoms with van der Waals surface area (Å²) >= 11 is 0. The summed E-state index contributed by atoms with van der Waals surface area (Å²) < 4.78 is 13.0. The summed E-state index contributed by atoms with van der Waals surface area (Å²) in [5.41, 5.74) is 0.488. The maximum Gasteiger partial charge on any atom is 0.295 e. The number of non-ortho nitro benzene ring substituents is 1. The van der Waals surface area contributed by atoms with E-state index in [1.807, 2.05) is 0 Å². The van der Waals surface area contributed by atoms with Gasteiger partial charge in [-0.3, -0.25) is 20.2 Å². The minimum Gasteiger partial charge on any atom is -0.375 e. The fourth-order valence-electron chi connectivity index (χ4n) is 1.74. The van der Waals surface area contributed by atoms with Gasteiger partial charge in [0.2, 0.25) is 0 Å². The molecule has 0 aliphatic rings. The minimum absolute atomic E-state index is 0.0356. The van der Waals surface area contributed by atoms with Gasteiger partial charge in [0.05, 0.1) is 15.9 Å². The van der Waals surface area contributed by atoms with Crippen LogP contribution in [-0.2, 0) is 6.54 Å². The summed E-state index contributed by atoms with van der Waals surface area (Å²) in [5.74, 6) is -0.692. The Morgan fingerprint density at radius 3 is 2.24 bits per heavy atom. The Hall–Kier alpha value is -3.03. The Morgan fingerprint density at radius 2 is 1.67 bits per heavy atom. The second-order valence-electron chi connectivity index (χ2n) is 4.20. The molecule has 0 saturated heterocycles. The fraction of sp³-hybridized carbons (Fsp3) is 0.0769. The third kappa shape index (κ3) is 3.50. The summed E-state index contributed by atoms with van der Waals surface area (Å²) in [6.45, 7) is 0.227. The van der Waals surface area contributed by atoms with Crippen molar-refractivity contribution in [3.63, 3.8) is 0 Å². The first-order chi connectivity index (χ1) is 9.97. The van der Waals surface area contributed by atoms with Crippen molar-refractivity contribution in [3.05, 3.63) is 74.1 Å². The summed E-state index contributed by atoms with van der Waals surface area (Å²) in [7, 11) is 0. The molecule has 8 heteroatoms. The van der Waals surface area contributed by atoms with Crippen molar-refractivity contribution in [2.45, 2.75) is 6.54 Å². The first-order valence-electron chi connectivity index (χ1n) is 5.88. The zero-order valence-electron chi connectivity index (χ0n) is 10.7. The Morgan fingerprint density at radius 1 is 1.00 bits per heavy atom. The number of hydrogen-bond donors (Lipinski definition) is 1. The molecule has 0 saturated carbocycles. The zero-order valence-corrected chi connectivity index (χ0v) is 10.7. The van der Waals surface area contributed by atoms with Gasteiger partial charge in [-0.05, 0) is 17.7 Å². The highest BCUT2D eigenvalue weighted by Gasteiger charge is 2.14. The number of nitrogens with one attached hydrogen (secondary N) is 1. The number of benzene rings is 2. The molecule has 0 bridgehead atoms. The minimum atomic E-state index is -0.692. The molecule has 0 unspecified atom stereocenters. The lowest BCUT2D eigenvalue weighted by Crippen LogP contribution is -2.03. The maximum absolute atomic E-state index is 13.0. The van der Waals surface area contributed by atoms with E-state index < -0.39 is 15.7 Å². The summed E-state index contributed by atoms with van der Waals surface area (Å²) in [6, 6.07) is 9.00. The van der Waals surface area contributed by atoms with E-state index in [0.29, 0.717) is 5.56 Å². The molecule has 0 radical (unpaired) electrons. The van der Waals surface area contributed by atoms with E-state index in [9.17, 15) is 24.6 Å². The van der Waals surface area contributed by atoms with E-state index in [1.165, 1.54) is 18.2 Å². The van der Waals surface area contributed by atoms with Crippen LogP contribution in [0.15, 0.2) is 42.5 Å². The van der Waals surface area contributed by atoms with Gasteiger partial charge in [0.15, 0.2) is 0 Å². The molecular weight excluding hydrogens is 281 g/mol. The second-order valence-corrected chi connectivity index (χ2v) is 4.20. The highest BCUT2D eigenvalue weighted by atomic mass is 19.1. The Balaban J connectivity index is 2.13. The van der Waals surface area contributed by atoms with Crippen LogP contribution >= 0.6 is 0 Å². The van der Waals surface area contributed by atoms with Crippen LogP contribution in [0, 0.1) is 26.0 Å². The van der Waals surface area contributed by atoms with Crippen LogP contribution in [0.3, 0.4) is 0 Å². The Labute approximate surface area is 118 Å². The van der Waals surface area contributed by atoms with Crippen LogP contribution in [0.25, 0.3) is 0 Å². The van der Waals surface area contributed by atoms with E-state index >= 15 is 0 Å². The van der Waals surface area contributed by atoms with Crippen molar-refractivity contribution in [3.8, 4) is 0 Å². The second kappa shape index (κ2) is 5.95. The number of nitro benzene ring substituents is 2. The smallest absolute Gasteiger partial charge is 0.295 e. The van der Waals surface area contributed by atoms with E-state index in [4.69, 9.17) is 0 Å². The third-order valence-corrected chi connectivity index (χ3v) is 2.79. The van der Waals surface area contributed by atoms with Crippen LogP contribution in [0.4, 0.5) is 21.5 Å². The third-order valence-electron chi connectivity index (χ3n) is 2.79. The first kappa shape index (κ1) is 14.4. The average Bonchev–Trinajstić information content (AvgIpc) is 2.46. The average molecular weight is 291 g/mol. The van der Waals surface area contributed by atoms with Crippen LogP contribution in [0.2, 0.25) is 0 Å². The van der Waals surface area contributed by atoms with Gasteiger partial charge in [-0.1, -0.05) is 12.1 Å². The van der Waals surface area contributed by atoms with Gasteiger partial charge >= 0.3 is 0 Å². The highest BCUT2D eigenvalue weighted by molar-refractivity contribution is 5.61. The molecule has 7 nitrogen and oxygen atoms in total.